The number of aryl methyl sites for hydroxylation is 2. The van der Waals surface area contributed by atoms with Crippen LogP contribution in [0.1, 0.15) is 16.7 Å². The van der Waals surface area contributed by atoms with E-state index >= 15 is 0 Å². The van der Waals surface area contributed by atoms with E-state index < -0.39 is 0 Å². The van der Waals surface area contributed by atoms with Crippen molar-refractivity contribution in [2.75, 3.05) is 26.0 Å². The normalized spacial score (nSPS) is 10.5. The Morgan fingerprint density at radius 3 is 2.62 bits per heavy atom. The number of ether oxygens (including phenoxy) is 1. The van der Waals surface area contributed by atoms with Crippen molar-refractivity contribution >= 4 is 12.6 Å². The molecule has 16 heavy (non-hydrogen) atoms. The first-order valence-corrected chi connectivity index (χ1v) is 6.28. The van der Waals surface area contributed by atoms with Gasteiger partial charge in [-0.05, 0) is 37.9 Å². The van der Waals surface area contributed by atoms with Crippen LogP contribution in [-0.2, 0) is 6.42 Å². The molecule has 1 N–H and O–H groups in total. The maximum atomic E-state index is 5.45. The first kappa shape index (κ1) is 13.4. The van der Waals surface area contributed by atoms with Gasteiger partial charge in [-0.25, -0.2) is 0 Å². The molecule has 0 aliphatic heterocycles. The van der Waals surface area contributed by atoms with Crippen LogP contribution in [0.2, 0.25) is 0 Å². The number of methoxy groups -OCH3 is 1. The quantitative estimate of drug-likeness (QED) is 0.587. The maximum Gasteiger partial charge on any atom is 0.125 e. The first-order valence-electron chi connectivity index (χ1n) is 5.64. The van der Waals surface area contributed by atoms with Gasteiger partial charge in [-0.3, -0.25) is 0 Å². The number of rotatable bonds is 6. The second kappa shape index (κ2) is 6.81. The number of benzene rings is 1. The van der Waals surface area contributed by atoms with Crippen molar-refractivity contribution in [3.05, 3.63) is 28.8 Å². The topological polar surface area (TPSA) is 21.3 Å². The highest BCUT2D eigenvalue weighted by atomic mass is 32.1. The number of thiol groups is 1. The Kier molecular flexibility index (Phi) is 5.71. The molecule has 90 valence electrons. The van der Waals surface area contributed by atoms with Gasteiger partial charge >= 0.3 is 0 Å². The van der Waals surface area contributed by atoms with Crippen molar-refractivity contribution in [1.29, 1.82) is 0 Å². The van der Waals surface area contributed by atoms with Crippen LogP contribution in [0.3, 0.4) is 0 Å². The molecule has 0 saturated heterocycles. The molecule has 1 aromatic carbocycles. The van der Waals surface area contributed by atoms with E-state index in [1.807, 2.05) is 0 Å². The second-order valence-corrected chi connectivity index (χ2v) is 4.45. The van der Waals surface area contributed by atoms with Gasteiger partial charge in [0.25, 0.3) is 0 Å². The van der Waals surface area contributed by atoms with E-state index in [2.05, 4.69) is 43.9 Å². The van der Waals surface area contributed by atoms with E-state index in [0.29, 0.717) is 0 Å². The van der Waals surface area contributed by atoms with Crippen LogP contribution in [0.4, 0.5) is 0 Å². The van der Waals surface area contributed by atoms with E-state index in [-0.39, 0.29) is 0 Å². The number of hydrogen-bond donors (Lipinski definition) is 2. The molecule has 0 radical (unpaired) electrons. The summed E-state index contributed by atoms with van der Waals surface area (Å²) in [4.78, 5) is 0. The SMILES string of the molecule is COc1c(C)cc(C)cc1CCNCCS. The fraction of sp³-hybridized carbons (Fsp3) is 0.538. The lowest BCUT2D eigenvalue weighted by molar-refractivity contribution is 0.406. The number of nitrogens with one attached hydrogen (secondary N) is 1. The summed E-state index contributed by atoms with van der Waals surface area (Å²) in [7, 11) is 1.74. The van der Waals surface area contributed by atoms with Crippen LogP contribution in [0, 0.1) is 13.8 Å². The van der Waals surface area contributed by atoms with Gasteiger partial charge in [0.05, 0.1) is 7.11 Å². The molecule has 0 aromatic heterocycles. The van der Waals surface area contributed by atoms with Crippen molar-refractivity contribution in [3.8, 4) is 5.75 Å². The molecule has 0 heterocycles. The highest BCUT2D eigenvalue weighted by molar-refractivity contribution is 7.80. The van der Waals surface area contributed by atoms with E-state index in [1.165, 1.54) is 16.7 Å². The van der Waals surface area contributed by atoms with Crippen molar-refractivity contribution in [2.24, 2.45) is 0 Å². The Morgan fingerprint density at radius 1 is 1.25 bits per heavy atom. The van der Waals surface area contributed by atoms with Crippen molar-refractivity contribution in [3.63, 3.8) is 0 Å². The zero-order valence-electron chi connectivity index (χ0n) is 10.3. The van der Waals surface area contributed by atoms with Gasteiger partial charge in [0, 0.05) is 12.3 Å². The summed E-state index contributed by atoms with van der Waals surface area (Å²) in [6.45, 7) is 6.14. The van der Waals surface area contributed by atoms with E-state index in [4.69, 9.17) is 4.74 Å². The van der Waals surface area contributed by atoms with E-state index in [0.717, 1.165) is 31.0 Å². The summed E-state index contributed by atoms with van der Waals surface area (Å²) in [6, 6.07) is 4.36. The van der Waals surface area contributed by atoms with Gasteiger partial charge in [0.1, 0.15) is 5.75 Å². The number of hydrogen-bond acceptors (Lipinski definition) is 3. The van der Waals surface area contributed by atoms with E-state index in [9.17, 15) is 0 Å². The Labute approximate surface area is 104 Å². The van der Waals surface area contributed by atoms with Crippen LogP contribution in [0.25, 0.3) is 0 Å². The third-order valence-corrected chi connectivity index (χ3v) is 2.78. The van der Waals surface area contributed by atoms with Crippen molar-refractivity contribution < 1.29 is 4.74 Å². The third kappa shape index (κ3) is 3.72. The minimum Gasteiger partial charge on any atom is -0.496 e. The summed E-state index contributed by atoms with van der Waals surface area (Å²) < 4.78 is 5.45. The Hall–Kier alpha value is -0.670. The van der Waals surface area contributed by atoms with Crippen LogP contribution < -0.4 is 10.1 Å². The average molecular weight is 239 g/mol. The molecule has 1 aromatic rings. The molecular weight excluding hydrogens is 218 g/mol. The fourth-order valence-corrected chi connectivity index (χ4v) is 2.11. The first-order chi connectivity index (χ1) is 7.69. The lowest BCUT2D eigenvalue weighted by atomic mass is 10.0. The summed E-state index contributed by atoms with van der Waals surface area (Å²) in [5, 5.41) is 3.34. The molecule has 0 unspecified atom stereocenters. The van der Waals surface area contributed by atoms with Crippen LogP contribution in [-0.4, -0.2) is 26.0 Å². The van der Waals surface area contributed by atoms with Gasteiger partial charge in [-0.2, -0.15) is 12.6 Å². The molecule has 2 nitrogen and oxygen atoms in total. The molecule has 0 bridgehead atoms. The summed E-state index contributed by atoms with van der Waals surface area (Å²) >= 11 is 4.17. The lowest BCUT2D eigenvalue weighted by Gasteiger charge is -2.13. The molecule has 0 saturated carbocycles. The van der Waals surface area contributed by atoms with Gasteiger partial charge in [0.2, 0.25) is 0 Å². The zero-order valence-corrected chi connectivity index (χ0v) is 11.2. The standard InChI is InChI=1S/C13H21NOS/c1-10-8-11(2)13(15-3)12(9-10)4-5-14-6-7-16/h8-9,14,16H,4-7H2,1-3H3. The largest absolute Gasteiger partial charge is 0.496 e. The molecule has 0 spiro atoms. The highest BCUT2D eigenvalue weighted by Crippen LogP contribution is 2.25. The van der Waals surface area contributed by atoms with Crippen molar-refractivity contribution in [2.45, 2.75) is 20.3 Å². The minimum atomic E-state index is 0.879. The Morgan fingerprint density at radius 2 is 2.00 bits per heavy atom. The summed E-state index contributed by atoms with van der Waals surface area (Å²) in [5.41, 5.74) is 3.79. The van der Waals surface area contributed by atoms with Crippen LogP contribution in [0.5, 0.6) is 5.75 Å². The molecule has 1 rings (SSSR count). The lowest BCUT2D eigenvalue weighted by Crippen LogP contribution is -2.19. The Balaban J connectivity index is 2.69. The Bertz CT molecular complexity index is 339. The molecule has 0 atom stereocenters. The highest BCUT2D eigenvalue weighted by Gasteiger charge is 2.06. The summed E-state index contributed by atoms with van der Waals surface area (Å²) in [6.07, 6.45) is 0.999. The predicted octanol–water partition coefficient (Wildman–Crippen LogP) is 2.37. The maximum absolute atomic E-state index is 5.45. The van der Waals surface area contributed by atoms with Gasteiger partial charge in [0.15, 0.2) is 0 Å². The predicted molar refractivity (Wildman–Crippen MR) is 72.9 cm³/mol. The van der Waals surface area contributed by atoms with Gasteiger partial charge < -0.3 is 10.1 Å². The molecular formula is C13H21NOS. The molecule has 0 amide bonds. The smallest absolute Gasteiger partial charge is 0.125 e. The zero-order chi connectivity index (χ0) is 12.0. The summed E-state index contributed by atoms with van der Waals surface area (Å²) in [5.74, 6) is 1.91. The average Bonchev–Trinajstić information content (AvgIpc) is 2.24. The second-order valence-electron chi connectivity index (χ2n) is 4.00. The monoisotopic (exact) mass is 239 g/mol. The van der Waals surface area contributed by atoms with Crippen LogP contribution >= 0.6 is 12.6 Å². The van der Waals surface area contributed by atoms with E-state index in [1.54, 1.807) is 7.11 Å². The van der Waals surface area contributed by atoms with Gasteiger partial charge in [-0.15, -0.1) is 0 Å². The molecule has 0 aliphatic rings. The fourth-order valence-electron chi connectivity index (χ4n) is 1.95. The van der Waals surface area contributed by atoms with Crippen molar-refractivity contribution in [1.82, 2.24) is 5.32 Å². The minimum absolute atomic E-state index is 0.879. The molecule has 3 heteroatoms. The molecule has 0 aliphatic carbocycles. The molecule has 0 fully saturated rings. The van der Waals surface area contributed by atoms with Gasteiger partial charge in [-0.1, -0.05) is 17.7 Å². The third-order valence-electron chi connectivity index (χ3n) is 2.56. The van der Waals surface area contributed by atoms with Crippen LogP contribution in [0.15, 0.2) is 12.1 Å².